The Hall–Kier alpha value is -2.34. The van der Waals surface area contributed by atoms with Gasteiger partial charge in [-0.05, 0) is 43.8 Å². The van der Waals surface area contributed by atoms with Crippen LogP contribution in [0.25, 0.3) is 0 Å². The van der Waals surface area contributed by atoms with Crippen LogP contribution in [0.5, 0.6) is 0 Å². The second-order valence-corrected chi connectivity index (χ2v) is 5.33. The van der Waals surface area contributed by atoms with E-state index in [4.69, 9.17) is 0 Å². The van der Waals surface area contributed by atoms with E-state index < -0.39 is 23.6 Å². The number of carbonyl (C=O) groups is 1. The molecule has 6 heteroatoms. The van der Waals surface area contributed by atoms with Gasteiger partial charge in [-0.3, -0.25) is 9.69 Å². The van der Waals surface area contributed by atoms with Crippen molar-refractivity contribution >= 4 is 11.6 Å². The first-order chi connectivity index (χ1) is 10.9. The minimum atomic E-state index is -0.827. The Morgan fingerprint density at radius 1 is 1.09 bits per heavy atom. The second-order valence-electron chi connectivity index (χ2n) is 5.33. The second kappa shape index (κ2) is 7.28. The number of halogens is 3. The highest BCUT2D eigenvalue weighted by molar-refractivity contribution is 5.94. The maximum atomic E-state index is 13.6. The largest absolute Gasteiger partial charge is 0.322 e. The molecule has 0 aliphatic rings. The number of nitrogens with one attached hydrogen (secondary N) is 1. The molecule has 0 bridgehead atoms. The molecule has 0 aromatic heterocycles. The molecular weight excluding hydrogens is 305 g/mol. The lowest BCUT2D eigenvalue weighted by molar-refractivity contribution is -0.120. The number of carbonyl (C=O) groups excluding carboxylic acids is 1. The topological polar surface area (TPSA) is 32.3 Å². The molecule has 2 aromatic carbocycles. The standard InChI is InChI=1S/C17H17F3N2O/c1-11(22(2)10-12-3-5-13(18)6-4-12)17(23)21-16-8-7-14(19)9-15(16)20/h3-9,11H,10H2,1-2H3,(H,21,23). The molecule has 2 rings (SSSR count). The maximum absolute atomic E-state index is 13.6. The highest BCUT2D eigenvalue weighted by Gasteiger charge is 2.19. The number of amides is 1. The summed E-state index contributed by atoms with van der Waals surface area (Å²) in [5, 5.41) is 2.43. The molecule has 0 aliphatic heterocycles. The van der Waals surface area contributed by atoms with Crippen molar-refractivity contribution in [3.05, 3.63) is 65.5 Å². The summed E-state index contributed by atoms with van der Waals surface area (Å²) in [4.78, 5) is 13.9. The van der Waals surface area contributed by atoms with Crippen LogP contribution >= 0.6 is 0 Å². The van der Waals surface area contributed by atoms with Crippen LogP contribution in [-0.2, 0) is 11.3 Å². The van der Waals surface area contributed by atoms with Crippen LogP contribution in [0.15, 0.2) is 42.5 Å². The average molecular weight is 322 g/mol. The lowest BCUT2D eigenvalue weighted by Gasteiger charge is -2.24. The van der Waals surface area contributed by atoms with Crippen LogP contribution in [0.2, 0.25) is 0 Å². The van der Waals surface area contributed by atoms with Crippen LogP contribution < -0.4 is 5.32 Å². The van der Waals surface area contributed by atoms with E-state index in [-0.39, 0.29) is 11.5 Å². The Morgan fingerprint density at radius 2 is 1.70 bits per heavy atom. The zero-order valence-electron chi connectivity index (χ0n) is 12.8. The molecule has 0 fully saturated rings. The van der Waals surface area contributed by atoms with Crippen LogP contribution in [0, 0.1) is 17.5 Å². The third-order valence-electron chi connectivity index (χ3n) is 3.57. The number of rotatable bonds is 5. The van der Waals surface area contributed by atoms with Crippen molar-refractivity contribution < 1.29 is 18.0 Å². The zero-order valence-corrected chi connectivity index (χ0v) is 12.8. The number of likely N-dealkylation sites (N-methyl/N-ethyl adjacent to an activating group) is 1. The van der Waals surface area contributed by atoms with E-state index in [1.807, 2.05) is 0 Å². The van der Waals surface area contributed by atoms with Gasteiger partial charge in [0.15, 0.2) is 0 Å². The van der Waals surface area contributed by atoms with Crippen molar-refractivity contribution in [2.45, 2.75) is 19.5 Å². The number of benzene rings is 2. The van der Waals surface area contributed by atoms with E-state index in [0.717, 1.165) is 11.6 Å². The number of anilines is 1. The quantitative estimate of drug-likeness (QED) is 0.913. The number of hydrogen-bond acceptors (Lipinski definition) is 2. The van der Waals surface area contributed by atoms with E-state index in [0.29, 0.717) is 12.6 Å². The fourth-order valence-corrected chi connectivity index (χ4v) is 2.04. The van der Waals surface area contributed by atoms with Gasteiger partial charge in [0, 0.05) is 12.6 Å². The predicted molar refractivity (Wildman–Crippen MR) is 82.3 cm³/mol. The molecule has 23 heavy (non-hydrogen) atoms. The molecule has 1 atom stereocenters. The molecular formula is C17H17F3N2O. The van der Waals surface area contributed by atoms with Gasteiger partial charge in [-0.15, -0.1) is 0 Å². The molecule has 0 radical (unpaired) electrons. The Bertz CT molecular complexity index is 689. The normalized spacial score (nSPS) is 12.3. The summed E-state index contributed by atoms with van der Waals surface area (Å²) < 4.78 is 39.3. The molecule has 1 amide bonds. The van der Waals surface area contributed by atoms with Crippen molar-refractivity contribution in [1.82, 2.24) is 4.90 Å². The highest BCUT2D eigenvalue weighted by Crippen LogP contribution is 2.16. The van der Waals surface area contributed by atoms with Crippen LogP contribution in [0.3, 0.4) is 0 Å². The smallest absolute Gasteiger partial charge is 0.241 e. The van der Waals surface area contributed by atoms with Gasteiger partial charge in [-0.1, -0.05) is 12.1 Å². The minimum absolute atomic E-state index is 0.0709. The fraction of sp³-hybridized carbons (Fsp3) is 0.235. The Kier molecular flexibility index (Phi) is 5.39. The Labute approximate surface area is 132 Å². The number of nitrogens with zero attached hydrogens (tertiary/aromatic N) is 1. The maximum Gasteiger partial charge on any atom is 0.241 e. The van der Waals surface area contributed by atoms with Crippen molar-refractivity contribution in [3.63, 3.8) is 0 Å². The lowest BCUT2D eigenvalue weighted by Crippen LogP contribution is -2.39. The first-order valence-corrected chi connectivity index (χ1v) is 7.07. The third kappa shape index (κ3) is 4.56. The van der Waals surface area contributed by atoms with Gasteiger partial charge in [-0.2, -0.15) is 0 Å². The Morgan fingerprint density at radius 3 is 2.30 bits per heavy atom. The molecule has 0 saturated heterocycles. The van der Waals surface area contributed by atoms with E-state index in [2.05, 4.69) is 5.32 Å². The summed E-state index contributed by atoms with van der Waals surface area (Å²) in [6.45, 7) is 2.10. The van der Waals surface area contributed by atoms with E-state index in [9.17, 15) is 18.0 Å². The van der Waals surface area contributed by atoms with Gasteiger partial charge in [0.2, 0.25) is 5.91 Å². The molecule has 122 valence electrons. The van der Waals surface area contributed by atoms with E-state index in [1.54, 1.807) is 31.0 Å². The average Bonchev–Trinajstić information content (AvgIpc) is 2.51. The summed E-state index contributed by atoms with van der Waals surface area (Å²) in [7, 11) is 1.73. The molecule has 1 N–H and O–H groups in total. The van der Waals surface area contributed by atoms with E-state index >= 15 is 0 Å². The predicted octanol–water partition coefficient (Wildman–Crippen LogP) is 3.56. The minimum Gasteiger partial charge on any atom is -0.322 e. The van der Waals surface area contributed by atoms with Gasteiger partial charge < -0.3 is 5.32 Å². The van der Waals surface area contributed by atoms with Gasteiger partial charge in [0.25, 0.3) is 0 Å². The van der Waals surface area contributed by atoms with Gasteiger partial charge in [-0.25, -0.2) is 13.2 Å². The lowest BCUT2D eigenvalue weighted by atomic mass is 10.2. The van der Waals surface area contributed by atoms with Gasteiger partial charge in [0.05, 0.1) is 11.7 Å². The monoisotopic (exact) mass is 322 g/mol. The van der Waals surface area contributed by atoms with Crippen molar-refractivity contribution in [3.8, 4) is 0 Å². The van der Waals surface area contributed by atoms with Crippen LogP contribution in [0.4, 0.5) is 18.9 Å². The molecule has 0 heterocycles. The summed E-state index contributed by atoms with van der Waals surface area (Å²) >= 11 is 0. The summed E-state index contributed by atoms with van der Waals surface area (Å²) in [6.07, 6.45) is 0. The molecule has 0 saturated carbocycles. The molecule has 2 aromatic rings. The first kappa shape index (κ1) is 17.0. The summed E-state index contributed by atoms with van der Waals surface area (Å²) in [6, 6.07) is 8.38. The van der Waals surface area contributed by atoms with Crippen molar-refractivity contribution in [1.29, 1.82) is 0 Å². The first-order valence-electron chi connectivity index (χ1n) is 7.07. The van der Waals surface area contributed by atoms with Crippen LogP contribution in [0.1, 0.15) is 12.5 Å². The molecule has 0 aliphatic carbocycles. The van der Waals surface area contributed by atoms with Crippen LogP contribution in [-0.4, -0.2) is 23.9 Å². The fourth-order valence-electron chi connectivity index (χ4n) is 2.04. The molecule has 1 unspecified atom stereocenters. The van der Waals surface area contributed by atoms with E-state index in [1.165, 1.54) is 18.2 Å². The molecule has 3 nitrogen and oxygen atoms in total. The third-order valence-corrected chi connectivity index (χ3v) is 3.57. The molecule has 0 spiro atoms. The number of hydrogen-bond donors (Lipinski definition) is 1. The highest BCUT2D eigenvalue weighted by atomic mass is 19.1. The summed E-state index contributed by atoms with van der Waals surface area (Å²) in [5.74, 6) is -2.28. The van der Waals surface area contributed by atoms with Crippen molar-refractivity contribution in [2.75, 3.05) is 12.4 Å². The van der Waals surface area contributed by atoms with Crippen molar-refractivity contribution in [2.24, 2.45) is 0 Å². The Balaban J connectivity index is 1.99. The SMILES string of the molecule is CC(C(=O)Nc1ccc(F)cc1F)N(C)Cc1ccc(F)cc1. The van der Waals surface area contributed by atoms with Gasteiger partial charge >= 0.3 is 0 Å². The van der Waals surface area contributed by atoms with Gasteiger partial charge in [0.1, 0.15) is 17.5 Å². The zero-order chi connectivity index (χ0) is 17.0. The summed E-state index contributed by atoms with van der Waals surface area (Å²) in [5.41, 5.74) is 0.778.